The lowest BCUT2D eigenvalue weighted by molar-refractivity contribution is -0.142. The maximum Gasteiger partial charge on any atom is 0.326 e. The molecule has 2 amide bonds. The smallest absolute Gasteiger partial charge is 0.326 e. The predicted molar refractivity (Wildman–Crippen MR) is 106 cm³/mol. The van der Waals surface area contributed by atoms with Crippen molar-refractivity contribution in [2.75, 3.05) is 11.5 Å². The van der Waals surface area contributed by atoms with Gasteiger partial charge in [-0.2, -0.15) is 11.8 Å². The third kappa shape index (κ3) is 11.5. The average molecular weight is 452 g/mol. The Kier molecular flexibility index (Phi) is 12.6. The molecule has 0 saturated carbocycles. The Morgan fingerprint density at radius 2 is 1.57 bits per heavy atom. The van der Waals surface area contributed by atoms with E-state index in [9.17, 15) is 29.1 Å². The molecule has 0 aliphatic rings. The van der Waals surface area contributed by atoms with Crippen LogP contribution in [0.4, 0.5) is 0 Å². The highest BCUT2D eigenvalue weighted by Crippen LogP contribution is 2.09. The number of carboxylic acid groups (broad SMARTS) is 3. The predicted octanol–water partition coefficient (Wildman–Crippen LogP) is -2.63. The standard InChI is InChI=1S/C16H28N4O9S/c1-7(14(24)25)18-13(23)11(6-30-5-9(17)15(26)27)20-12(22)4-3-10(16(28)29)19-8(2)21/h7,9-11,13,18,23H,3-6,17H2,1-2H3,(H,19,21)(H,20,22)(H,24,25)(H,26,27)(H,28,29)/t7-,9+,10-,11-,13?/m1/s1. The third-order valence-electron chi connectivity index (χ3n) is 3.77. The molecule has 0 bridgehead atoms. The molecule has 13 nitrogen and oxygen atoms in total. The number of aliphatic hydroxyl groups is 1. The van der Waals surface area contributed by atoms with Crippen molar-refractivity contribution in [3.8, 4) is 0 Å². The number of aliphatic carboxylic acids is 3. The highest BCUT2D eigenvalue weighted by atomic mass is 32.2. The second-order valence-electron chi connectivity index (χ2n) is 6.46. The van der Waals surface area contributed by atoms with E-state index in [-0.39, 0.29) is 24.3 Å². The quantitative estimate of drug-likeness (QED) is 0.119. The number of aliphatic hydroxyl groups excluding tert-OH is 1. The summed E-state index contributed by atoms with van der Waals surface area (Å²) in [4.78, 5) is 56.1. The van der Waals surface area contributed by atoms with Gasteiger partial charge in [0.25, 0.3) is 0 Å². The molecule has 0 spiro atoms. The van der Waals surface area contributed by atoms with E-state index in [0.717, 1.165) is 18.7 Å². The summed E-state index contributed by atoms with van der Waals surface area (Å²) >= 11 is 1.02. The number of carboxylic acids is 3. The van der Waals surface area contributed by atoms with Crippen molar-refractivity contribution in [2.45, 2.75) is 57.1 Å². The van der Waals surface area contributed by atoms with E-state index in [1.807, 2.05) is 0 Å². The molecule has 14 heteroatoms. The van der Waals surface area contributed by atoms with Crippen LogP contribution in [0.1, 0.15) is 26.7 Å². The first-order valence-corrected chi connectivity index (χ1v) is 10.0. The second-order valence-corrected chi connectivity index (χ2v) is 7.53. The normalized spacial score (nSPS) is 15.9. The Bertz CT molecular complexity index is 634. The van der Waals surface area contributed by atoms with Gasteiger partial charge in [0.05, 0.1) is 6.04 Å². The molecule has 30 heavy (non-hydrogen) atoms. The fourth-order valence-electron chi connectivity index (χ4n) is 2.11. The molecule has 0 heterocycles. The molecule has 0 saturated heterocycles. The summed E-state index contributed by atoms with van der Waals surface area (Å²) < 4.78 is 0. The summed E-state index contributed by atoms with van der Waals surface area (Å²) in [7, 11) is 0. The summed E-state index contributed by atoms with van der Waals surface area (Å²) in [5.41, 5.74) is 5.40. The number of thioether (sulfide) groups is 1. The van der Waals surface area contributed by atoms with Gasteiger partial charge >= 0.3 is 17.9 Å². The fourth-order valence-corrected chi connectivity index (χ4v) is 3.16. The Morgan fingerprint density at radius 1 is 0.967 bits per heavy atom. The second kappa shape index (κ2) is 13.7. The third-order valence-corrected chi connectivity index (χ3v) is 4.96. The molecule has 0 aromatic carbocycles. The molecule has 1 unspecified atom stereocenters. The van der Waals surface area contributed by atoms with Gasteiger partial charge in [0.2, 0.25) is 11.8 Å². The average Bonchev–Trinajstić information content (AvgIpc) is 2.63. The number of hydrogen-bond acceptors (Lipinski definition) is 9. The molecule has 0 aromatic heterocycles. The van der Waals surface area contributed by atoms with E-state index in [2.05, 4.69) is 16.0 Å². The van der Waals surface area contributed by atoms with Gasteiger partial charge in [-0.15, -0.1) is 0 Å². The van der Waals surface area contributed by atoms with Crippen LogP contribution < -0.4 is 21.7 Å². The topological polar surface area (TPSA) is 228 Å². The molecule has 5 atom stereocenters. The van der Waals surface area contributed by atoms with Crippen LogP contribution in [0.2, 0.25) is 0 Å². The van der Waals surface area contributed by atoms with Gasteiger partial charge < -0.3 is 36.8 Å². The summed E-state index contributed by atoms with van der Waals surface area (Å²) in [5.74, 6) is -5.02. The van der Waals surface area contributed by atoms with E-state index in [0.29, 0.717) is 0 Å². The van der Waals surface area contributed by atoms with E-state index in [4.69, 9.17) is 21.1 Å². The SMILES string of the molecule is CC(=O)N[C@H](CCC(=O)N[C@H](CSC[C@H](N)C(=O)O)C(O)N[C@H](C)C(=O)O)C(=O)O. The van der Waals surface area contributed by atoms with Gasteiger partial charge in [-0.3, -0.25) is 24.5 Å². The molecule has 0 fully saturated rings. The number of rotatable bonds is 15. The lowest BCUT2D eigenvalue weighted by atomic mass is 10.1. The molecule has 172 valence electrons. The number of nitrogens with one attached hydrogen (secondary N) is 3. The Labute approximate surface area is 176 Å². The van der Waals surface area contributed by atoms with Crippen LogP contribution >= 0.6 is 11.8 Å². The number of amides is 2. The van der Waals surface area contributed by atoms with Gasteiger partial charge in [0.1, 0.15) is 24.4 Å². The van der Waals surface area contributed by atoms with Crippen LogP contribution in [0.3, 0.4) is 0 Å². The summed E-state index contributed by atoms with van der Waals surface area (Å²) in [6.07, 6.45) is -1.99. The lowest BCUT2D eigenvalue weighted by Crippen LogP contribution is -2.55. The van der Waals surface area contributed by atoms with E-state index in [1.54, 1.807) is 0 Å². The number of carbonyl (C=O) groups excluding carboxylic acids is 2. The minimum absolute atomic E-state index is 0.00127. The van der Waals surface area contributed by atoms with Gasteiger partial charge in [-0.25, -0.2) is 4.79 Å². The van der Waals surface area contributed by atoms with Crippen molar-refractivity contribution in [1.82, 2.24) is 16.0 Å². The molecular weight excluding hydrogens is 424 g/mol. The molecule has 0 aliphatic heterocycles. The minimum atomic E-state index is -1.49. The number of hydrogen-bond donors (Lipinski definition) is 8. The zero-order valence-corrected chi connectivity index (χ0v) is 17.3. The first kappa shape index (κ1) is 27.6. The van der Waals surface area contributed by atoms with Gasteiger partial charge in [-0.1, -0.05) is 0 Å². The van der Waals surface area contributed by atoms with E-state index in [1.165, 1.54) is 6.92 Å². The summed E-state index contributed by atoms with van der Waals surface area (Å²) in [6, 6.07) is -4.59. The van der Waals surface area contributed by atoms with Crippen molar-refractivity contribution < 1.29 is 44.4 Å². The number of carbonyl (C=O) groups is 5. The van der Waals surface area contributed by atoms with Crippen LogP contribution in [0, 0.1) is 0 Å². The summed E-state index contributed by atoms with van der Waals surface area (Å²) in [5, 5.41) is 44.0. The van der Waals surface area contributed by atoms with Crippen molar-refractivity contribution in [2.24, 2.45) is 5.73 Å². The van der Waals surface area contributed by atoms with Crippen LogP contribution in [0.5, 0.6) is 0 Å². The first-order valence-electron chi connectivity index (χ1n) is 8.87. The van der Waals surface area contributed by atoms with E-state index >= 15 is 0 Å². The van der Waals surface area contributed by atoms with Crippen LogP contribution in [-0.4, -0.2) is 92.0 Å². The molecule has 9 N–H and O–H groups in total. The first-order chi connectivity index (χ1) is 13.8. The highest BCUT2D eigenvalue weighted by Gasteiger charge is 2.26. The van der Waals surface area contributed by atoms with Crippen LogP contribution in [-0.2, 0) is 24.0 Å². The highest BCUT2D eigenvalue weighted by molar-refractivity contribution is 7.99. The summed E-state index contributed by atoms with van der Waals surface area (Å²) in [6.45, 7) is 2.42. The molecule has 0 radical (unpaired) electrons. The van der Waals surface area contributed by atoms with Gasteiger partial charge in [-0.05, 0) is 13.3 Å². The van der Waals surface area contributed by atoms with Crippen LogP contribution in [0.25, 0.3) is 0 Å². The molecule has 0 aromatic rings. The lowest BCUT2D eigenvalue weighted by Gasteiger charge is -2.26. The maximum atomic E-state index is 12.2. The van der Waals surface area contributed by atoms with Crippen LogP contribution in [0.15, 0.2) is 0 Å². The van der Waals surface area contributed by atoms with Crippen molar-refractivity contribution >= 4 is 41.5 Å². The molecular formula is C16H28N4O9S. The van der Waals surface area contributed by atoms with Gasteiger partial charge in [0.15, 0.2) is 0 Å². The minimum Gasteiger partial charge on any atom is -0.480 e. The Hall–Kier alpha value is -2.42. The van der Waals surface area contributed by atoms with Gasteiger partial charge in [0, 0.05) is 24.9 Å². The zero-order chi connectivity index (χ0) is 23.4. The van der Waals surface area contributed by atoms with Crippen molar-refractivity contribution in [3.63, 3.8) is 0 Å². The Morgan fingerprint density at radius 3 is 2.03 bits per heavy atom. The van der Waals surface area contributed by atoms with Crippen molar-refractivity contribution in [1.29, 1.82) is 0 Å². The molecule has 0 rings (SSSR count). The Balaban J connectivity index is 4.95. The molecule has 0 aliphatic carbocycles. The zero-order valence-electron chi connectivity index (χ0n) is 16.5. The maximum absolute atomic E-state index is 12.2. The van der Waals surface area contributed by atoms with Crippen molar-refractivity contribution in [3.05, 3.63) is 0 Å². The fraction of sp³-hybridized carbons (Fsp3) is 0.688. The van der Waals surface area contributed by atoms with E-state index < -0.39 is 60.1 Å². The number of nitrogens with two attached hydrogens (primary N) is 1. The monoisotopic (exact) mass is 452 g/mol. The largest absolute Gasteiger partial charge is 0.480 e.